The predicted molar refractivity (Wildman–Crippen MR) is 165 cm³/mol. The van der Waals surface area contributed by atoms with Crippen molar-refractivity contribution in [1.82, 2.24) is 24.5 Å². The first-order chi connectivity index (χ1) is 21.1. The second-order valence-corrected chi connectivity index (χ2v) is 10.9. The molecule has 214 valence electrons. The molecule has 1 unspecified atom stereocenters. The van der Waals surface area contributed by atoms with Crippen LogP contribution in [0.3, 0.4) is 0 Å². The van der Waals surface area contributed by atoms with Crippen LogP contribution in [0, 0.1) is 6.92 Å². The number of ether oxygens (including phenoxy) is 1. The number of nitrogens with zero attached hydrogens (tertiary/aromatic N) is 5. The second-order valence-electron chi connectivity index (χ2n) is 10.9. The summed E-state index contributed by atoms with van der Waals surface area (Å²) in [7, 11) is 0. The summed E-state index contributed by atoms with van der Waals surface area (Å²) in [5.74, 6) is -0.358. The molecule has 1 N–H and O–H groups in total. The quantitative estimate of drug-likeness (QED) is 0.217. The first-order valence-corrected chi connectivity index (χ1v) is 14.6. The van der Waals surface area contributed by atoms with Crippen LogP contribution in [0.4, 0.5) is 0 Å². The van der Waals surface area contributed by atoms with E-state index in [2.05, 4.69) is 30.3 Å². The van der Waals surface area contributed by atoms with Gasteiger partial charge in [-0.25, -0.2) is 19.1 Å². The molecule has 8 heteroatoms. The minimum atomic E-state index is -0.958. The van der Waals surface area contributed by atoms with Crippen LogP contribution in [0.2, 0.25) is 0 Å². The Balaban J connectivity index is 1.35. The first kappa shape index (κ1) is 26.8. The molecule has 3 heterocycles. The minimum Gasteiger partial charge on any atom is -0.478 e. The molecule has 7 rings (SSSR count). The van der Waals surface area contributed by atoms with E-state index >= 15 is 0 Å². The molecule has 0 aliphatic carbocycles. The largest absolute Gasteiger partial charge is 0.478 e. The summed E-state index contributed by atoms with van der Waals surface area (Å²) in [5, 5.41) is 20.7. The lowest BCUT2D eigenvalue weighted by molar-refractivity contribution is -0.0365. The van der Waals surface area contributed by atoms with Gasteiger partial charge in [-0.2, -0.15) is 10.2 Å². The lowest BCUT2D eigenvalue weighted by atomic mass is 9.97. The second kappa shape index (κ2) is 11.3. The molecule has 4 aromatic carbocycles. The van der Waals surface area contributed by atoms with Crippen LogP contribution in [0.1, 0.15) is 58.6 Å². The molecule has 43 heavy (non-hydrogen) atoms. The highest BCUT2D eigenvalue weighted by molar-refractivity contribution is 5.99. The van der Waals surface area contributed by atoms with Crippen LogP contribution in [0.5, 0.6) is 0 Å². The van der Waals surface area contributed by atoms with Gasteiger partial charge in [0.05, 0.1) is 11.1 Å². The van der Waals surface area contributed by atoms with Crippen LogP contribution in [-0.4, -0.2) is 42.2 Å². The van der Waals surface area contributed by atoms with Crippen molar-refractivity contribution >= 4 is 16.9 Å². The average Bonchev–Trinajstić information content (AvgIpc) is 3.68. The van der Waals surface area contributed by atoms with Crippen LogP contribution in [0.25, 0.3) is 33.5 Å². The highest BCUT2D eigenvalue weighted by atomic mass is 16.5. The molecule has 0 amide bonds. The number of rotatable bonds is 7. The number of aromatic nitrogens is 5. The molecule has 0 saturated carbocycles. The summed E-state index contributed by atoms with van der Waals surface area (Å²) in [6.07, 6.45) is 4.59. The number of carboxylic acid groups (broad SMARTS) is 1. The molecule has 0 radical (unpaired) electrons. The molecule has 1 atom stereocenters. The zero-order chi connectivity index (χ0) is 29.3. The van der Waals surface area contributed by atoms with E-state index < -0.39 is 5.97 Å². The smallest absolute Gasteiger partial charge is 0.335 e. The summed E-state index contributed by atoms with van der Waals surface area (Å²) >= 11 is 0. The van der Waals surface area contributed by atoms with Gasteiger partial charge in [0.1, 0.15) is 18.1 Å². The van der Waals surface area contributed by atoms with Gasteiger partial charge >= 0.3 is 5.97 Å². The molecule has 1 saturated heterocycles. The molecule has 1 fully saturated rings. The number of benzene rings is 4. The third-order valence-electron chi connectivity index (χ3n) is 8.22. The van der Waals surface area contributed by atoms with E-state index in [0.29, 0.717) is 18.0 Å². The third kappa shape index (κ3) is 5.00. The number of hydrogen-bond acceptors (Lipinski definition) is 5. The molecule has 0 spiro atoms. The van der Waals surface area contributed by atoms with Crippen molar-refractivity contribution in [2.75, 3.05) is 6.61 Å². The summed E-state index contributed by atoms with van der Waals surface area (Å²) in [5.41, 5.74) is 6.45. The maximum atomic E-state index is 12.0. The number of carbonyl (C=O) groups is 1. The van der Waals surface area contributed by atoms with Crippen LogP contribution < -0.4 is 0 Å². The third-order valence-corrected chi connectivity index (χ3v) is 8.22. The maximum Gasteiger partial charge on any atom is 0.335 e. The molecule has 1 aliphatic rings. The Bertz CT molecular complexity index is 1870. The van der Waals surface area contributed by atoms with Crippen molar-refractivity contribution < 1.29 is 14.6 Å². The maximum absolute atomic E-state index is 12.0. The fourth-order valence-electron chi connectivity index (χ4n) is 6.04. The van der Waals surface area contributed by atoms with Crippen molar-refractivity contribution in [2.45, 2.75) is 38.5 Å². The van der Waals surface area contributed by atoms with Crippen molar-refractivity contribution in [3.63, 3.8) is 0 Å². The molecule has 2 aromatic heterocycles. The van der Waals surface area contributed by atoms with Gasteiger partial charge < -0.3 is 9.84 Å². The molecule has 6 aromatic rings. The highest BCUT2D eigenvalue weighted by Gasteiger charge is 2.25. The fraction of sp³-hybridized carbons (Fsp3) is 0.200. The van der Waals surface area contributed by atoms with Gasteiger partial charge in [-0.1, -0.05) is 72.8 Å². The van der Waals surface area contributed by atoms with Crippen molar-refractivity contribution in [1.29, 1.82) is 0 Å². The van der Waals surface area contributed by atoms with Gasteiger partial charge in [0.15, 0.2) is 12.1 Å². The summed E-state index contributed by atoms with van der Waals surface area (Å²) in [6, 6.07) is 31.9. The SMILES string of the molecule is Cc1c(C(=O)O)cccc1-c1nn(C2CCCCO2)c2ccc(-c3ncn(C(c4ccccc4)c4ccccc4)n3)cc12. The Hall–Kier alpha value is -5.08. The van der Waals surface area contributed by atoms with Gasteiger partial charge in [0.2, 0.25) is 0 Å². The fourth-order valence-corrected chi connectivity index (χ4v) is 6.04. The topological polar surface area (TPSA) is 95.1 Å². The van der Waals surface area contributed by atoms with Gasteiger partial charge in [-0.05, 0) is 67.1 Å². The van der Waals surface area contributed by atoms with Crippen molar-refractivity contribution in [2.24, 2.45) is 0 Å². The van der Waals surface area contributed by atoms with Crippen LogP contribution >= 0.6 is 0 Å². The van der Waals surface area contributed by atoms with Gasteiger partial charge in [-0.15, -0.1) is 0 Å². The van der Waals surface area contributed by atoms with Crippen LogP contribution in [0.15, 0.2) is 103 Å². The number of aromatic carboxylic acids is 1. The zero-order valence-electron chi connectivity index (χ0n) is 23.8. The zero-order valence-corrected chi connectivity index (χ0v) is 23.8. The Labute approximate surface area is 249 Å². The van der Waals surface area contributed by atoms with Gasteiger partial charge in [0.25, 0.3) is 0 Å². The monoisotopic (exact) mass is 569 g/mol. The Morgan fingerprint density at radius 2 is 1.65 bits per heavy atom. The van der Waals surface area contributed by atoms with Crippen LogP contribution in [-0.2, 0) is 4.74 Å². The molecular weight excluding hydrogens is 538 g/mol. The Morgan fingerprint density at radius 1 is 0.907 bits per heavy atom. The number of hydrogen-bond donors (Lipinski definition) is 1. The lowest BCUT2D eigenvalue weighted by Crippen LogP contribution is -2.19. The van der Waals surface area contributed by atoms with E-state index in [9.17, 15) is 9.90 Å². The first-order valence-electron chi connectivity index (χ1n) is 14.6. The standard InChI is InChI=1S/C35H31N5O3/c1-23-27(15-10-16-28(23)35(41)42)32-29-21-26(18-19-30(29)40(37-32)31-17-8-9-20-43-31)34-36-22-39(38-34)33(24-11-4-2-5-12-24)25-13-6-3-7-14-25/h2-7,10-16,18-19,21-22,31,33H,8-9,17,20H2,1H3,(H,41,42). The summed E-state index contributed by atoms with van der Waals surface area (Å²) in [4.78, 5) is 16.7. The van der Waals surface area contributed by atoms with Crippen molar-refractivity contribution in [3.8, 4) is 22.6 Å². The number of fused-ring (bicyclic) bond motifs is 1. The van der Waals surface area contributed by atoms with E-state index in [1.165, 1.54) is 0 Å². The molecule has 1 aliphatic heterocycles. The van der Waals surface area contributed by atoms with E-state index in [1.807, 2.05) is 70.9 Å². The Morgan fingerprint density at radius 3 is 2.33 bits per heavy atom. The minimum absolute atomic E-state index is 0.129. The van der Waals surface area contributed by atoms with Gasteiger partial charge in [-0.3, -0.25) is 0 Å². The van der Waals surface area contributed by atoms with Gasteiger partial charge in [0, 0.05) is 23.1 Å². The summed E-state index contributed by atoms with van der Waals surface area (Å²) in [6.45, 7) is 2.53. The normalized spacial score (nSPS) is 15.3. The van der Waals surface area contributed by atoms with E-state index in [4.69, 9.17) is 19.9 Å². The highest BCUT2D eigenvalue weighted by Crippen LogP contribution is 2.37. The van der Waals surface area contributed by atoms with E-state index in [-0.39, 0.29) is 17.8 Å². The molecule has 0 bridgehead atoms. The van der Waals surface area contributed by atoms with Crippen molar-refractivity contribution in [3.05, 3.63) is 126 Å². The van der Waals surface area contributed by atoms with E-state index in [1.54, 1.807) is 18.5 Å². The molecule has 8 nitrogen and oxygen atoms in total. The lowest BCUT2D eigenvalue weighted by Gasteiger charge is -2.23. The number of carboxylic acids is 1. The average molecular weight is 570 g/mol. The van der Waals surface area contributed by atoms with E-state index in [0.717, 1.165) is 58.1 Å². The predicted octanol–water partition coefficient (Wildman–Crippen LogP) is 7.31. The Kier molecular flexibility index (Phi) is 7.04. The summed E-state index contributed by atoms with van der Waals surface area (Å²) < 4.78 is 9.98. The molecular formula is C35H31N5O3.